The fraction of sp³-hybridized carbons (Fsp3) is 0.333. The van der Waals surface area contributed by atoms with E-state index in [-0.39, 0.29) is 36.3 Å². The molecule has 0 radical (unpaired) electrons. The van der Waals surface area contributed by atoms with Crippen LogP contribution in [0.3, 0.4) is 0 Å². The number of halogens is 2. The van der Waals surface area contributed by atoms with Gasteiger partial charge in [-0.25, -0.2) is 14.4 Å². The summed E-state index contributed by atoms with van der Waals surface area (Å²) in [7, 11) is 0. The van der Waals surface area contributed by atoms with Crippen LogP contribution in [0.1, 0.15) is 36.5 Å². The van der Waals surface area contributed by atoms with E-state index in [4.69, 9.17) is 9.15 Å². The molecule has 2 aromatic heterocycles. The van der Waals surface area contributed by atoms with Crippen LogP contribution in [-0.2, 0) is 12.1 Å². The van der Waals surface area contributed by atoms with Crippen LogP contribution in [0.5, 0.6) is 11.6 Å². The van der Waals surface area contributed by atoms with Crippen LogP contribution in [0, 0.1) is 19.7 Å². The molecule has 1 unspecified atom stereocenters. The summed E-state index contributed by atoms with van der Waals surface area (Å²) in [5, 5.41) is 17.3. The van der Waals surface area contributed by atoms with Crippen molar-refractivity contribution < 1.29 is 18.7 Å². The molecule has 9 heteroatoms. The van der Waals surface area contributed by atoms with Gasteiger partial charge in [-0.2, -0.15) is 0 Å². The number of ether oxygens (including phenoxy) is 1. The van der Waals surface area contributed by atoms with Crippen molar-refractivity contribution >= 4 is 29.9 Å². The molecule has 3 rings (SSSR count). The summed E-state index contributed by atoms with van der Waals surface area (Å²) in [6, 6.07) is 11.2. The summed E-state index contributed by atoms with van der Waals surface area (Å²) < 4.78 is 24.1. The lowest BCUT2D eigenvalue weighted by molar-refractivity contribution is 0.0601. The van der Waals surface area contributed by atoms with Gasteiger partial charge in [-0.05, 0) is 63.6 Å². The van der Waals surface area contributed by atoms with Gasteiger partial charge in [-0.3, -0.25) is 0 Å². The minimum absolute atomic E-state index is 0. The van der Waals surface area contributed by atoms with Crippen molar-refractivity contribution in [1.29, 1.82) is 0 Å². The summed E-state index contributed by atoms with van der Waals surface area (Å²) in [6.07, 6.45) is 1.68. The normalized spacial score (nSPS) is 13.1. The summed E-state index contributed by atoms with van der Waals surface area (Å²) in [5.74, 6) is 2.65. The number of aliphatic hydroxyl groups is 1. The van der Waals surface area contributed by atoms with Gasteiger partial charge < -0.3 is 24.9 Å². The third kappa shape index (κ3) is 7.71. The van der Waals surface area contributed by atoms with E-state index in [0.29, 0.717) is 36.4 Å². The Kier molecular flexibility index (Phi) is 9.66. The molecule has 0 saturated carbocycles. The highest BCUT2D eigenvalue weighted by Crippen LogP contribution is 2.26. The maximum absolute atomic E-state index is 13.0. The van der Waals surface area contributed by atoms with Gasteiger partial charge in [0.1, 0.15) is 28.7 Å². The lowest BCUT2D eigenvalue weighted by atomic mass is 9.96. The topological polar surface area (TPSA) is 91.9 Å². The average molecular weight is 568 g/mol. The van der Waals surface area contributed by atoms with Gasteiger partial charge >= 0.3 is 0 Å². The number of hydrogen-bond donors (Lipinski definition) is 3. The number of aromatic nitrogens is 1. The van der Waals surface area contributed by atoms with Gasteiger partial charge in [0, 0.05) is 24.4 Å². The molecule has 3 N–H and O–H groups in total. The molecule has 2 heterocycles. The van der Waals surface area contributed by atoms with Crippen molar-refractivity contribution in [2.45, 2.75) is 39.8 Å². The molecule has 7 nitrogen and oxygen atoms in total. The summed E-state index contributed by atoms with van der Waals surface area (Å²) >= 11 is 0. The summed E-state index contributed by atoms with van der Waals surface area (Å²) in [6.45, 7) is 8.75. The Morgan fingerprint density at radius 3 is 2.48 bits per heavy atom. The highest BCUT2D eigenvalue weighted by molar-refractivity contribution is 14.0. The highest BCUT2D eigenvalue weighted by atomic mass is 127. The number of hydrogen-bond acceptors (Lipinski definition) is 5. The zero-order chi connectivity index (χ0) is 23.1. The van der Waals surface area contributed by atoms with Crippen LogP contribution in [0.25, 0.3) is 0 Å². The minimum Gasteiger partial charge on any atom is -0.466 e. The molecule has 178 valence electrons. The Labute approximate surface area is 210 Å². The predicted molar refractivity (Wildman–Crippen MR) is 137 cm³/mol. The van der Waals surface area contributed by atoms with Crippen molar-refractivity contribution in [2.24, 2.45) is 4.99 Å². The monoisotopic (exact) mass is 568 g/mol. The Hall–Kier alpha value is -2.66. The number of guanidine groups is 1. The molecule has 33 heavy (non-hydrogen) atoms. The molecule has 0 bridgehead atoms. The Morgan fingerprint density at radius 2 is 1.91 bits per heavy atom. The van der Waals surface area contributed by atoms with Crippen LogP contribution in [0.2, 0.25) is 0 Å². The molecule has 0 aliphatic rings. The molecule has 0 spiro atoms. The zero-order valence-electron chi connectivity index (χ0n) is 19.2. The quantitative estimate of drug-likeness (QED) is 0.206. The van der Waals surface area contributed by atoms with Crippen LogP contribution < -0.4 is 15.4 Å². The van der Waals surface area contributed by atoms with Crippen molar-refractivity contribution in [3.63, 3.8) is 0 Å². The smallest absolute Gasteiger partial charge is 0.219 e. The van der Waals surface area contributed by atoms with E-state index >= 15 is 0 Å². The van der Waals surface area contributed by atoms with E-state index in [2.05, 4.69) is 20.6 Å². The Bertz CT molecular complexity index is 1050. The Balaban J connectivity index is 0.00000385. The third-order valence-electron chi connectivity index (χ3n) is 4.82. The number of rotatable bonds is 8. The van der Waals surface area contributed by atoms with Crippen molar-refractivity contribution in [2.75, 3.05) is 13.1 Å². The van der Waals surface area contributed by atoms with Crippen LogP contribution in [0.4, 0.5) is 4.39 Å². The minimum atomic E-state index is -1.11. The van der Waals surface area contributed by atoms with E-state index in [1.54, 1.807) is 31.3 Å². The molecule has 0 aliphatic carbocycles. The lowest BCUT2D eigenvalue weighted by Gasteiger charge is -2.24. The van der Waals surface area contributed by atoms with Gasteiger partial charge in [0.2, 0.25) is 5.88 Å². The summed E-state index contributed by atoms with van der Waals surface area (Å²) in [4.78, 5) is 8.85. The van der Waals surface area contributed by atoms with Crippen molar-refractivity contribution in [3.8, 4) is 11.6 Å². The van der Waals surface area contributed by atoms with Crippen molar-refractivity contribution in [1.82, 2.24) is 15.6 Å². The van der Waals surface area contributed by atoms with E-state index in [1.165, 1.54) is 12.1 Å². The second kappa shape index (κ2) is 12.0. The average Bonchev–Trinajstić information content (AvgIpc) is 3.12. The Morgan fingerprint density at radius 1 is 1.18 bits per heavy atom. The number of benzene rings is 1. The number of aliphatic imine (C=N–C) groups is 1. The second-order valence-corrected chi connectivity index (χ2v) is 7.71. The maximum atomic E-state index is 13.0. The zero-order valence-corrected chi connectivity index (χ0v) is 21.5. The van der Waals surface area contributed by atoms with Crippen LogP contribution in [-0.4, -0.2) is 29.1 Å². The number of nitrogens with one attached hydrogen (secondary N) is 2. The van der Waals surface area contributed by atoms with Crippen molar-refractivity contribution in [3.05, 3.63) is 77.1 Å². The molecular formula is C24H30FIN4O3. The molecule has 0 fully saturated rings. The highest BCUT2D eigenvalue weighted by Gasteiger charge is 2.27. The SMILES string of the molecule is CCNC(=NCc1ccc(Oc2ccc(F)cc2)nc1)NCC(C)(O)c1cc(C)oc1C.I. The third-order valence-corrected chi connectivity index (χ3v) is 4.82. The molecule has 0 amide bonds. The molecule has 0 saturated heterocycles. The number of furan rings is 1. The van der Waals surface area contributed by atoms with Gasteiger partial charge in [-0.15, -0.1) is 24.0 Å². The first kappa shape index (κ1) is 26.6. The molecule has 3 aromatic rings. The van der Waals surface area contributed by atoms with E-state index in [9.17, 15) is 9.50 Å². The van der Waals surface area contributed by atoms with Gasteiger partial charge in [0.15, 0.2) is 5.96 Å². The number of aryl methyl sites for hydroxylation is 2. The lowest BCUT2D eigenvalue weighted by Crippen LogP contribution is -2.44. The predicted octanol–water partition coefficient (Wildman–Crippen LogP) is 4.80. The molecule has 1 aromatic carbocycles. The first-order chi connectivity index (χ1) is 15.3. The second-order valence-electron chi connectivity index (χ2n) is 7.71. The van der Waals surface area contributed by atoms with Crippen LogP contribution >= 0.6 is 24.0 Å². The molecular weight excluding hydrogens is 538 g/mol. The van der Waals surface area contributed by atoms with Gasteiger partial charge in [0.25, 0.3) is 0 Å². The fourth-order valence-corrected chi connectivity index (χ4v) is 3.22. The summed E-state index contributed by atoms with van der Waals surface area (Å²) in [5.41, 5.74) is 0.528. The number of nitrogens with zero attached hydrogens (tertiary/aromatic N) is 2. The van der Waals surface area contributed by atoms with Gasteiger partial charge in [-0.1, -0.05) is 6.07 Å². The first-order valence-electron chi connectivity index (χ1n) is 10.5. The standard InChI is InChI=1S/C24H29FN4O3.HI/c1-5-26-23(29-15-24(4,30)21-12-16(2)31-17(21)3)28-14-18-6-11-22(27-13-18)32-20-9-7-19(25)8-10-20;/h6-13,30H,5,14-15H2,1-4H3,(H2,26,28,29);1H. The fourth-order valence-electron chi connectivity index (χ4n) is 3.22. The molecule has 0 aliphatic heterocycles. The first-order valence-corrected chi connectivity index (χ1v) is 10.5. The van der Waals surface area contributed by atoms with Crippen LogP contribution in [0.15, 0.2) is 58.1 Å². The van der Waals surface area contributed by atoms with E-state index in [0.717, 1.165) is 16.9 Å². The maximum Gasteiger partial charge on any atom is 0.219 e. The van der Waals surface area contributed by atoms with Gasteiger partial charge in [0.05, 0.1) is 13.1 Å². The molecule has 1 atom stereocenters. The van der Waals surface area contributed by atoms with E-state index in [1.807, 2.05) is 32.9 Å². The number of pyridine rings is 1. The van der Waals surface area contributed by atoms with E-state index < -0.39 is 5.60 Å². The largest absolute Gasteiger partial charge is 0.466 e.